The minimum absolute atomic E-state index is 0.684. The Morgan fingerprint density at radius 1 is 1.19 bits per heavy atom. The molecule has 2 aromatic carbocycles. The molecule has 0 saturated carbocycles. The maximum absolute atomic E-state index is 5.64. The Labute approximate surface area is 126 Å². The monoisotopic (exact) mass is 282 g/mol. The Bertz CT molecular complexity index is 624. The van der Waals surface area contributed by atoms with Crippen molar-refractivity contribution in [1.82, 2.24) is 0 Å². The van der Waals surface area contributed by atoms with Crippen molar-refractivity contribution in [2.45, 2.75) is 19.9 Å². The van der Waals surface area contributed by atoms with Crippen molar-refractivity contribution in [3.8, 4) is 5.75 Å². The summed E-state index contributed by atoms with van der Waals surface area (Å²) in [5.74, 6) is 0.917. The molecule has 0 aromatic heterocycles. The van der Waals surface area contributed by atoms with Crippen LogP contribution in [0.15, 0.2) is 42.5 Å². The lowest BCUT2D eigenvalue weighted by Crippen LogP contribution is -2.12. The zero-order valence-electron chi connectivity index (χ0n) is 12.7. The van der Waals surface area contributed by atoms with Gasteiger partial charge >= 0.3 is 0 Å². The highest BCUT2D eigenvalue weighted by atomic mass is 16.5. The van der Waals surface area contributed by atoms with E-state index in [1.807, 2.05) is 25.1 Å². The molecule has 1 aliphatic heterocycles. The molecule has 2 aromatic rings. The third-order valence-electron chi connectivity index (χ3n) is 3.94. The summed E-state index contributed by atoms with van der Waals surface area (Å²) in [5.41, 5.74) is 5.19. The molecule has 1 aliphatic rings. The molecular weight excluding hydrogens is 260 g/mol. The second-order valence-corrected chi connectivity index (χ2v) is 5.42. The minimum atomic E-state index is 0.684. The van der Waals surface area contributed by atoms with Crippen molar-refractivity contribution in [3.63, 3.8) is 0 Å². The number of ether oxygens (including phenoxy) is 1. The third kappa shape index (κ3) is 2.97. The van der Waals surface area contributed by atoms with E-state index < -0.39 is 0 Å². The fourth-order valence-electron chi connectivity index (χ4n) is 2.82. The maximum Gasteiger partial charge on any atom is 0.142 e. The highest BCUT2D eigenvalue weighted by Gasteiger charge is 2.15. The molecule has 3 heteroatoms. The lowest BCUT2D eigenvalue weighted by molar-refractivity contribution is 0.341. The Hall–Kier alpha value is -2.16. The minimum Gasteiger partial charge on any atom is -0.492 e. The molecule has 0 spiro atoms. The molecule has 0 saturated heterocycles. The highest BCUT2D eigenvalue weighted by molar-refractivity contribution is 5.60. The summed E-state index contributed by atoms with van der Waals surface area (Å²) in [6.07, 6.45) is 1.15. The molecule has 0 fully saturated rings. The van der Waals surface area contributed by atoms with Crippen LogP contribution in [-0.2, 0) is 13.0 Å². The van der Waals surface area contributed by atoms with Gasteiger partial charge in [0.15, 0.2) is 0 Å². The van der Waals surface area contributed by atoms with Crippen LogP contribution in [0.4, 0.5) is 11.4 Å². The number of rotatable bonds is 5. The molecule has 110 valence electrons. The zero-order chi connectivity index (χ0) is 14.7. The third-order valence-corrected chi connectivity index (χ3v) is 3.94. The van der Waals surface area contributed by atoms with E-state index in [9.17, 15) is 0 Å². The SMILES string of the molecule is CCOc1ccccc1NCc1ccc2c(c1)CCN2C. The van der Waals surface area contributed by atoms with E-state index in [0.717, 1.165) is 30.9 Å². The van der Waals surface area contributed by atoms with Crippen LogP contribution in [0.2, 0.25) is 0 Å². The summed E-state index contributed by atoms with van der Waals surface area (Å²) in [5, 5.41) is 3.48. The van der Waals surface area contributed by atoms with Gasteiger partial charge in [-0.2, -0.15) is 0 Å². The molecule has 0 radical (unpaired) electrons. The average molecular weight is 282 g/mol. The highest BCUT2D eigenvalue weighted by Crippen LogP contribution is 2.28. The summed E-state index contributed by atoms with van der Waals surface area (Å²) < 4.78 is 5.64. The Kier molecular flexibility index (Phi) is 4.00. The first-order valence-corrected chi connectivity index (χ1v) is 7.56. The van der Waals surface area contributed by atoms with Gasteiger partial charge in [0.1, 0.15) is 5.75 Å². The van der Waals surface area contributed by atoms with Gasteiger partial charge in [-0.25, -0.2) is 0 Å². The predicted octanol–water partition coefficient (Wildman–Crippen LogP) is 3.69. The Balaban J connectivity index is 1.71. The second-order valence-electron chi connectivity index (χ2n) is 5.42. The van der Waals surface area contributed by atoms with Gasteiger partial charge in [0.2, 0.25) is 0 Å². The van der Waals surface area contributed by atoms with Gasteiger partial charge in [-0.1, -0.05) is 24.3 Å². The number of anilines is 2. The van der Waals surface area contributed by atoms with Crippen LogP contribution < -0.4 is 15.0 Å². The smallest absolute Gasteiger partial charge is 0.142 e. The van der Waals surface area contributed by atoms with Gasteiger partial charge in [0, 0.05) is 25.8 Å². The molecular formula is C18H22N2O. The van der Waals surface area contributed by atoms with Crippen LogP contribution >= 0.6 is 0 Å². The zero-order valence-corrected chi connectivity index (χ0v) is 12.7. The van der Waals surface area contributed by atoms with E-state index in [0.29, 0.717) is 6.61 Å². The molecule has 21 heavy (non-hydrogen) atoms. The number of nitrogens with zero attached hydrogens (tertiary/aromatic N) is 1. The van der Waals surface area contributed by atoms with Crippen molar-refractivity contribution < 1.29 is 4.74 Å². The van der Waals surface area contributed by atoms with Gasteiger partial charge in [0.05, 0.1) is 12.3 Å². The number of para-hydroxylation sites is 2. The van der Waals surface area contributed by atoms with Crippen molar-refractivity contribution >= 4 is 11.4 Å². The number of hydrogen-bond acceptors (Lipinski definition) is 3. The number of hydrogen-bond donors (Lipinski definition) is 1. The van der Waals surface area contributed by atoms with Gasteiger partial charge in [-0.15, -0.1) is 0 Å². The molecule has 0 bridgehead atoms. The van der Waals surface area contributed by atoms with Crippen molar-refractivity contribution in [3.05, 3.63) is 53.6 Å². The average Bonchev–Trinajstić information content (AvgIpc) is 2.88. The molecule has 0 unspecified atom stereocenters. The van der Waals surface area contributed by atoms with E-state index in [-0.39, 0.29) is 0 Å². The maximum atomic E-state index is 5.64. The topological polar surface area (TPSA) is 24.5 Å². The molecule has 3 rings (SSSR count). The van der Waals surface area contributed by atoms with E-state index in [4.69, 9.17) is 4.74 Å². The van der Waals surface area contributed by atoms with Crippen LogP contribution in [0, 0.1) is 0 Å². The molecule has 1 heterocycles. The Morgan fingerprint density at radius 2 is 2.05 bits per heavy atom. The molecule has 0 amide bonds. The van der Waals surface area contributed by atoms with E-state index >= 15 is 0 Å². The first-order chi connectivity index (χ1) is 10.3. The van der Waals surface area contributed by atoms with E-state index in [1.54, 1.807) is 0 Å². The lowest BCUT2D eigenvalue weighted by Gasteiger charge is -2.14. The second kappa shape index (κ2) is 6.08. The summed E-state index contributed by atoms with van der Waals surface area (Å²) in [7, 11) is 2.15. The van der Waals surface area contributed by atoms with Gasteiger partial charge in [-0.05, 0) is 42.7 Å². The van der Waals surface area contributed by atoms with Crippen LogP contribution in [0.3, 0.4) is 0 Å². The Morgan fingerprint density at radius 3 is 2.90 bits per heavy atom. The van der Waals surface area contributed by atoms with Crippen molar-refractivity contribution in [1.29, 1.82) is 0 Å². The van der Waals surface area contributed by atoms with E-state index in [2.05, 4.69) is 41.5 Å². The van der Waals surface area contributed by atoms with Crippen LogP contribution in [-0.4, -0.2) is 20.2 Å². The van der Waals surface area contributed by atoms with Gasteiger partial charge < -0.3 is 15.0 Å². The first kappa shape index (κ1) is 13.8. The van der Waals surface area contributed by atoms with Gasteiger partial charge in [0.25, 0.3) is 0 Å². The fourth-order valence-corrected chi connectivity index (χ4v) is 2.82. The summed E-state index contributed by atoms with van der Waals surface area (Å²) in [4.78, 5) is 2.32. The molecule has 1 N–H and O–H groups in total. The number of fused-ring (bicyclic) bond motifs is 1. The van der Waals surface area contributed by atoms with E-state index in [1.165, 1.54) is 16.8 Å². The summed E-state index contributed by atoms with van der Waals surface area (Å²) in [6.45, 7) is 4.64. The number of benzene rings is 2. The number of nitrogens with one attached hydrogen (secondary N) is 1. The summed E-state index contributed by atoms with van der Waals surface area (Å²) >= 11 is 0. The van der Waals surface area contributed by atoms with Crippen molar-refractivity contribution in [2.24, 2.45) is 0 Å². The largest absolute Gasteiger partial charge is 0.492 e. The number of likely N-dealkylation sites (N-methyl/N-ethyl adjacent to an activating group) is 1. The molecule has 0 atom stereocenters. The lowest BCUT2D eigenvalue weighted by atomic mass is 10.1. The van der Waals surface area contributed by atoms with Crippen LogP contribution in [0.1, 0.15) is 18.1 Å². The fraction of sp³-hybridized carbons (Fsp3) is 0.333. The van der Waals surface area contributed by atoms with Crippen LogP contribution in [0.25, 0.3) is 0 Å². The van der Waals surface area contributed by atoms with Crippen molar-refractivity contribution in [2.75, 3.05) is 30.4 Å². The van der Waals surface area contributed by atoms with Gasteiger partial charge in [-0.3, -0.25) is 0 Å². The standard InChI is InChI=1S/C18H22N2O/c1-3-21-18-7-5-4-6-16(18)19-13-14-8-9-17-15(12-14)10-11-20(17)2/h4-9,12,19H,3,10-11,13H2,1-2H3. The molecule has 0 aliphatic carbocycles. The van der Waals surface area contributed by atoms with Crippen LogP contribution in [0.5, 0.6) is 5.75 Å². The predicted molar refractivity (Wildman–Crippen MR) is 88.4 cm³/mol. The quantitative estimate of drug-likeness (QED) is 0.905. The summed E-state index contributed by atoms with van der Waals surface area (Å²) in [6, 6.07) is 14.8. The normalized spacial score (nSPS) is 13.1. The molecule has 3 nitrogen and oxygen atoms in total. The first-order valence-electron chi connectivity index (χ1n) is 7.56.